The van der Waals surface area contributed by atoms with Crippen molar-refractivity contribution in [2.24, 2.45) is 0 Å². The molecule has 0 aromatic rings. The molecule has 0 radical (unpaired) electrons. The van der Waals surface area contributed by atoms with Crippen LogP contribution in [0.3, 0.4) is 0 Å². The second-order valence-corrected chi connectivity index (χ2v) is 8.24. The van der Waals surface area contributed by atoms with Crippen LogP contribution in [0.25, 0.3) is 0 Å². The van der Waals surface area contributed by atoms with Crippen molar-refractivity contribution in [3.63, 3.8) is 0 Å². The number of ether oxygens (including phenoxy) is 9. The summed E-state index contributed by atoms with van der Waals surface area (Å²) in [6, 6.07) is 0. The molecule has 18 nitrogen and oxygen atoms in total. The monoisotopic (exact) mass is 580 g/mol. The summed E-state index contributed by atoms with van der Waals surface area (Å²) in [6.45, 7) is 2.70. The highest BCUT2D eigenvalue weighted by molar-refractivity contribution is 5.50. The molecule has 0 N–H and O–H groups in total. The average molecular weight is 580 g/mol. The molecule has 2 aliphatic rings. The summed E-state index contributed by atoms with van der Waals surface area (Å²) in [4.78, 5) is 87.6. The quantitative estimate of drug-likeness (QED) is 0.0636. The van der Waals surface area contributed by atoms with Crippen molar-refractivity contribution < 1.29 is 86.0 Å². The fourth-order valence-electron chi connectivity index (χ4n) is 4.33. The minimum Gasteiger partial charge on any atom is -0.458 e. The normalized spacial score (nSPS) is 33.5. The molecular formula is C22H28O18. The third-order valence-corrected chi connectivity index (χ3v) is 5.67. The van der Waals surface area contributed by atoms with Gasteiger partial charge in [0.05, 0.1) is 6.10 Å². The van der Waals surface area contributed by atoms with E-state index < -0.39 is 74.1 Å². The predicted octanol–water partition coefficient (Wildman–Crippen LogP) is -2.35. The second-order valence-electron chi connectivity index (χ2n) is 8.24. The third-order valence-electron chi connectivity index (χ3n) is 5.67. The van der Waals surface area contributed by atoms with Gasteiger partial charge in [-0.3, -0.25) is 33.7 Å². The number of carbonyl (C=O) groups is 7. The van der Waals surface area contributed by atoms with Crippen LogP contribution in [0.4, 0.5) is 0 Å². The van der Waals surface area contributed by atoms with Gasteiger partial charge in [0.15, 0.2) is 36.6 Å². The van der Waals surface area contributed by atoms with Gasteiger partial charge >= 0.3 is 6.47 Å². The Morgan fingerprint density at radius 3 is 1.70 bits per heavy atom. The van der Waals surface area contributed by atoms with Gasteiger partial charge in [-0.1, -0.05) is 0 Å². The lowest BCUT2D eigenvalue weighted by atomic mass is 9.86. The molecule has 1 saturated carbocycles. The van der Waals surface area contributed by atoms with Crippen LogP contribution in [-0.4, -0.2) is 119 Å². The zero-order chi connectivity index (χ0) is 29.5. The summed E-state index contributed by atoms with van der Waals surface area (Å²) in [5, 5.41) is 0. The van der Waals surface area contributed by atoms with Crippen molar-refractivity contribution in [3.05, 3.63) is 0 Å². The van der Waals surface area contributed by atoms with E-state index in [9.17, 15) is 33.6 Å². The molecule has 0 aromatic carbocycles. The Bertz CT molecular complexity index is 837. The van der Waals surface area contributed by atoms with Crippen molar-refractivity contribution in [1.82, 2.24) is 0 Å². The first-order chi connectivity index (χ1) is 19.4. The van der Waals surface area contributed by atoms with E-state index in [2.05, 4.69) is 4.89 Å². The van der Waals surface area contributed by atoms with E-state index in [0.29, 0.717) is 6.29 Å². The lowest BCUT2D eigenvalue weighted by Gasteiger charge is -2.47. The molecule has 10 atom stereocenters. The Labute approximate surface area is 226 Å². The highest BCUT2D eigenvalue weighted by Gasteiger charge is 2.56. The second kappa shape index (κ2) is 17.1. The molecule has 1 aliphatic heterocycles. The lowest BCUT2D eigenvalue weighted by molar-refractivity contribution is -0.433. The van der Waals surface area contributed by atoms with Crippen LogP contribution in [0.2, 0.25) is 0 Å². The molecule has 0 aromatic heterocycles. The Kier molecular flexibility index (Phi) is 13.9. The van der Waals surface area contributed by atoms with Crippen molar-refractivity contribution in [2.75, 3.05) is 6.61 Å². The number of rotatable bonds is 20. The topological polar surface area (TPSA) is 221 Å². The molecule has 0 bridgehead atoms. The summed E-state index contributed by atoms with van der Waals surface area (Å²) >= 11 is 0. The molecule has 0 spiro atoms. The largest absolute Gasteiger partial charge is 0.458 e. The van der Waals surface area contributed by atoms with Gasteiger partial charge < -0.3 is 47.4 Å². The maximum atomic E-state index is 11.4. The maximum absolute atomic E-state index is 11.4. The Hall–Kier alpha value is -3.71. The SMILES string of the molecule is CC(C)OC1O[C@H](OOC=O)[C@@H](O[C@@H]2C[C@H](OCC=O)[C@H](OC=O)[C@H](OC=O)[C@H]2OC=O)[C@H](OC=O)[C@H]1OC=O. The van der Waals surface area contributed by atoms with Gasteiger partial charge in [-0.05, 0) is 13.8 Å². The first kappa shape index (κ1) is 32.5. The number of hydrogen-bond acceptors (Lipinski definition) is 18. The van der Waals surface area contributed by atoms with E-state index in [1.165, 1.54) is 0 Å². The van der Waals surface area contributed by atoms with Gasteiger partial charge in [0, 0.05) is 6.42 Å². The Balaban J connectivity index is 2.53. The number of carbonyl (C=O) groups excluding carboxylic acids is 7. The fourth-order valence-corrected chi connectivity index (χ4v) is 4.33. The summed E-state index contributed by atoms with van der Waals surface area (Å²) in [5.41, 5.74) is 0. The zero-order valence-electron chi connectivity index (χ0n) is 21.2. The first-order valence-electron chi connectivity index (χ1n) is 11.6. The minimum absolute atomic E-state index is 0.000115. The number of hydrogen-bond donors (Lipinski definition) is 0. The van der Waals surface area contributed by atoms with Crippen LogP contribution in [-0.2, 0) is 86.0 Å². The molecule has 0 amide bonds. The number of aldehydes is 1. The van der Waals surface area contributed by atoms with Crippen molar-refractivity contribution in [3.8, 4) is 0 Å². The van der Waals surface area contributed by atoms with Crippen LogP contribution in [0.5, 0.6) is 0 Å². The van der Waals surface area contributed by atoms with Gasteiger partial charge in [0.2, 0.25) is 12.6 Å². The van der Waals surface area contributed by atoms with Gasteiger partial charge in [-0.2, -0.15) is 4.89 Å². The van der Waals surface area contributed by atoms with Gasteiger partial charge in [-0.25, -0.2) is 0 Å². The fraction of sp³-hybridized carbons (Fsp3) is 0.682. The van der Waals surface area contributed by atoms with E-state index in [1.54, 1.807) is 13.8 Å². The average Bonchev–Trinajstić information content (AvgIpc) is 2.92. The van der Waals surface area contributed by atoms with E-state index >= 15 is 0 Å². The smallest absolute Gasteiger partial charge is 0.330 e. The first-order valence-corrected chi connectivity index (χ1v) is 11.6. The van der Waals surface area contributed by atoms with E-state index in [-0.39, 0.29) is 45.3 Å². The Morgan fingerprint density at radius 2 is 1.18 bits per heavy atom. The van der Waals surface area contributed by atoms with Crippen LogP contribution in [0.1, 0.15) is 20.3 Å². The van der Waals surface area contributed by atoms with E-state index in [0.717, 1.165) is 0 Å². The summed E-state index contributed by atoms with van der Waals surface area (Å²) < 4.78 is 48.0. The Morgan fingerprint density at radius 1 is 0.650 bits per heavy atom. The van der Waals surface area contributed by atoms with E-state index in [4.69, 9.17) is 47.5 Å². The van der Waals surface area contributed by atoms with Crippen molar-refractivity contribution in [2.45, 2.75) is 87.8 Å². The van der Waals surface area contributed by atoms with Gasteiger partial charge in [0.1, 0.15) is 25.1 Å². The lowest BCUT2D eigenvalue weighted by Crippen LogP contribution is -2.65. The summed E-state index contributed by atoms with van der Waals surface area (Å²) in [6.07, 6.45) is -15.1. The third kappa shape index (κ3) is 8.39. The van der Waals surface area contributed by atoms with Crippen LogP contribution in [0.15, 0.2) is 0 Å². The molecule has 1 unspecified atom stereocenters. The van der Waals surface area contributed by atoms with E-state index in [1.807, 2.05) is 0 Å². The van der Waals surface area contributed by atoms with Crippen LogP contribution >= 0.6 is 0 Å². The molecule has 2 rings (SSSR count). The molecule has 1 saturated heterocycles. The molecule has 40 heavy (non-hydrogen) atoms. The highest BCUT2D eigenvalue weighted by atomic mass is 17.2. The van der Waals surface area contributed by atoms with Crippen LogP contribution < -0.4 is 0 Å². The highest BCUT2D eigenvalue weighted by Crippen LogP contribution is 2.36. The van der Waals surface area contributed by atoms with Crippen LogP contribution in [0, 0.1) is 0 Å². The molecule has 1 heterocycles. The van der Waals surface area contributed by atoms with Crippen molar-refractivity contribution >= 4 is 45.1 Å². The molecule has 2 fully saturated rings. The van der Waals surface area contributed by atoms with Crippen molar-refractivity contribution in [1.29, 1.82) is 0 Å². The maximum Gasteiger partial charge on any atom is 0.330 e. The zero-order valence-corrected chi connectivity index (χ0v) is 21.2. The predicted molar refractivity (Wildman–Crippen MR) is 117 cm³/mol. The minimum atomic E-state index is -1.72. The summed E-state index contributed by atoms with van der Waals surface area (Å²) in [5.74, 6) is 0. The standard InChI is InChI=1S/C22H28O18/c1-12(2)37-21-19(35-10-28)18(34-9-27)20(22(39-21)40-36-11-29)38-14-5-13(30-4-3-23)15(31-6-24)17(33-8-26)16(14)32-7-25/h3,6-22H,4-5H2,1-2H3/t13-,14+,15-,16-,17-,18+,19+,20-,21?,22+/m0/s1. The molecule has 18 heteroatoms. The molecular weight excluding hydrogens is 552 g/mol. The molecule has 224 valence electrons. The van der Waals surface area contributed by atoms with Gasteiger partial charge in [-0.15, -0.1) is 0 Å². The molecule has 1 aliphatic carbocycles. The van der Waals surface area contributed by atoms with Gasteiger partial charge in [0.25, 0.3) is 32.4 Å². The summed E-state index contributed by atoms with van der Waals surface area (Å²) in [7, 11) is 0.